The minimum atomic E-state index is -0.294. The van der Waals surface area contributed by atoms with Crippen LogP contribution in [0.5, 0.6) is 0 Å². The summed E-state index contributed by atoms with van der Waals surface area (Å²) in [5.74, 6) is 0. The van der Waals surface area contributed by atoms with Gasteiger partial charge in [0, 0.05) is 23.7 Å². The van der Waals surface area contributed by atoms with Crippen LogP contribution in [-0.4, -0.2) is 44.8 Å². The Morgan fingerprint density at radius 2 is 0.818 bits per heavy atom. The van der Waals surface area contributed by atoms with E-state index in [4.69, 9.17) is 9.47 Å². The maximum Gasteiger partial charge on any atom is 0.121 e. The SMILES string of the molecule is CC(=C/C=C/C=C(C)/C=C/C=C(C)/C=C/[C@@]12O[C@]1(C)C[C@@H](O)CC2(C)C)/C=C/C=C(C)/C=C/[C@@]12O[C@]1(C)C[C@@H](O)CC2(C)C. The monoisotopic (exact) mass is 600 g/mol. The molecule has 0 bridgehead atoms. The van der Waals surface area contributed by atoms with Gasteiger partial charge in [0.2, 0.25) is 0 Å². The number of epoxide rings is 2. The summed E-state index contributed by atoms with van der Waals surface area (Å²) < 4.78 is 12.5. The van der Waals surface area contributed by atoms with E-state index >= 15 is 0 Å². The topological polar surface area (TPSA) is 65.5 Å². The number of rotatable bonds is 10. The van der Waals surface area contributed by atoms with Crippen molar-refractivity contribution in [3.05, 3.63) is 107 Å². The van der Waals surface area contributed by atoms with Gasteiger partial charge in [0.15, 0.2) is 0 Å². The maximum atomic E-state index is 10.3. The van der Waals surface area contributed by atoms with Crippen LogP contribution < -0.4 is 0 Å². The fraction of sp³-hybridized carbons (Fsp3) is 0.550. The maximum absolute atomic E-state index is 10.3. The van der Waals surface area contributed by atoms with E-state index < -0.39 is 0 Å². The van der Waals surface area contributed by atoms with Crippen molar-refractivity contribution in [2.24, 2.45) is 10.8 Å². The van der Waals surface area contributed by atoms with E-state index in [1.54, 1.807) is 0 Å². The summed E-state index contributed by atoms with van der Waals surface area (Å²) in [7, 11) is 0. The third-order valence-electron chi connectivity index (χ3n) is 10.4. The van der Waals surface area contributed by atoms with Crippen LogP contribution in [0.4, 0.5) is 0 Å². The fourth-order valence-corrected chi connectivity index (χ4v) is 7.99. The molecule has 0 spiro atoms. The van der Waals surface area contributed by atoms with Gasteiger partial charge in [-0.2, -0.15) is 0 Å². The standard InChI is InChI=1S/C40H56O4/c1-29(17-13-19-31(3)21-23-39-35(5,6)25-33(41)27-37(39,9)43-39)15-11-12-16-30(2)18-14-20-32(4)22-24-40-36(7,8)26-34(42)28-38(40,10)44-40/h11-24,33-34,41-42H,25-28H2,1-10H3/b12-11+,17-13+,18-14+,23-21+,24-22+,29-15-,30-16+,31-19+,32-20+/t33-,34-,37+,38+,39-,40-/m0/s1. The Labute approximate surface area is 267 Å². The first-order valence-electron chi connectivity index (χ1n) is 16.3. The average Bonchev–Trinajstić information content (AvgIpc) is 3.73. The molecule has 0 amide bonds. The number of aliphatic hydroxyl groups excluding tert-OH is 2. The van der Waals surface area contributed by atoms with Gasteiger partial charge >= 0.3 is 0 Å². The first-order valence-corrected chi connectivity index (χ1v) is 16.3. The van der Waals surface area contributed by atoms with Gasteiger partial charge in [-0.25, -0.2) is 0 Å². The van der Waals surface area contributed by atoms with E-state index in [2.05, 4.69) is 154 Å². The highest BCUT2D eigenvalue weighted by molar-refractivity contribution is 5.38. The number of aliphatic hydroxyl groups is 2. The summed E-state index contributed by atoms with van der Waals surface area (Å²) in [5, 5.41) is 20.5. The Morgan fingerprint density at radius 1 is 0.500 bits per heavy atom. The lowest BCUT2D eigenvalue weighted by atomic mass is 9.63. The lowest BCUT2D eigenvalue weighted by Crippen LogP contribution is -2.46. The number of hydrogen-bond donors (Lipinski definition) is 2. The minimum Gasteiger partial charge on any atom is -0.393 e. The number of hydrogen-bond acceptors (Lipinski definition) is 4. The molecule has 2 aliphatic carbocycles. The molecule has 4 fully saturated rings. The average molecular weight is 601 g/mol. The third-order valence-corrected chi connectivity index (χ3v) is 10.4. The molecule has 0 radical (unpaired) electrons. The van der Waals surface area contributed by atoms with E-state index in [1.807, 2.05) is 0 Å². The lowest BCUT2D eigenvalue weighted by molar-refractivity contribution is 0.0510. The highest BCUT2D eigenvalue weighted by Gasteiger charge is 2.75. The molecule has 6 atom stereocenters. The molecule has 4 aliphatic rings. The van der Waals surface area contributed by atoms with Crippen LogP contribution in [0.3, 0.4) is 0 Å². The molecule has 0 aromatic rings. The predicted octanol–water partition coefficient (Wildman–Crippen LogP) is 8.97. The molecule has 2 saturated heterocycles. The number of fused-ring (bicyclic) bond motifs is 2. The van der Waals surface area contributed by atoms with Crippen molar-refractivity contribution in [2.45, 2.75) is 130 Å². The smallest absolute Gasteiger partial charge is 0.121 e. The Bertz CT molecular complexity index is 1270. The van der Waals surface area contributed by atoms with Crippen LogP contribution in [0, 0.1) is 10.8 Å². The molecular formula is C40H56O4. The van der Waals surface area contributed by atoms with Crippen molar-refractivity contribution in [3.8, 4) is 0 Å². The Hall–Kier alpha value is -2.50. The lowest BCUT2D eigenvalue weighted by Gasteiger charge is -2.39. The predicted molar refractivity (Wildman–Crippen MR) is 183 cm³/mol. The van der Waals surface area contributed by atoms with Gasteiger partial charge in [0.25, 0.3) is 0 Å². The largest absolute Gasteiger partial charge is 0.393 e. The van der Waals surface area contributed by atoms with Crippen LogP contribution in [0.25, 0.3) is 0 Å². The summed E-state index contributed by atoms with van der Waals surface area (Å²) in [6, 6.07) is 0. The molecule has 2 aliphatic heterocycles. The molecule has 240 valence electrons. The first-order chi connectivity index (χ1) is 20.4. The Morgan fingerprint density at radius 3 is 1.16 bits per heavy atom. The molecule has 0 aromatic heterocycles. The summed E-state index contributed by atoms with van der Waals surface area (Å²) in [6.45, 7) is 21.4. The van der Waals surface area contributed by atoms with Gasteiger partial charge in [0.05, 0.1) is 12.2 Å². The zero-order chi connectivity index (χ0) is 32.6. The Balaban J connectivity index is 1.25. The summed E-state index contributed by atoms with van der Waals surface area (Å²) in [6.07, 6.45) is 32.0. The van der Waals surface area contributed by atoms with Gasteiger partial charge < -0.3 is 19.7 Å². The third kappa shape index (κ3) is 6.84. The molecule has 0 aromatic carbocycles. The van der Waals surface area contributed by atoms with Crippen LogP contribution in [0.1, 0.15) is 94.9 Å². The van der Waals surface area contributed by atoms with Crippen molar-refractivity contribution in [1.82, 2.24) is 0 Å². The van der Waals surface area contributed by atoms with E-state index in [9.17, 15) is 10.2 Å². The van der Waals surface area contributed by atoms with Crippen LogP contribution in [0.15, 0.2) is 107 Å². The molecule has 2 N–H and O–H groups in total. The van der Waals surface area contributed by atoms with Gasteiger partial charge in [-0.15, -0.1) is 0 Å². The molecule has 2 heterocycles. The van der Waals surface area contributed by atoms with E-state index in [0.29, 0.717) is 12.8 Å². The molecule has 2 saturated carbocycles. The number of ether oxygens (including phenoxy) is 2. The first kappa shape index (κ1) is 34.4. The van der Waals surface area contributed by atoms with Crippen molar-refractivity contribution in [1.29, 1.82) is 0 Å². The van der Waals surface area contributed by atoms with Crippen LogP contribution in [-0.2, 0) is 9.47 Å². The molecule has 4 rings (SSSR count). The van der Waals surface area contributed by atoms with Crippen LogP contribution in [0.2, 0.25) is 0 Å². The normalized spacial score (nSPS) is 39.2. The van der Waals surface area contributed by atoms with Crippen molar-refractivity contribution in [3.63, 3.8) is 0 Å². The van der Waals surface area contributed by atoms with Crippen molar-refractivity contribution in [2.75, 3.05) is 0 Å². The molecule has 44 heavy (non-hydrogen) atoms. The van der Waals surface area contributed by atoms with Gasteiger partial charge in [0.1, 0.15) is 22.4 Å². The minimum absolute atomic E-state index is 0.0969. The second-order valence-electron chi connectivity index (χ2n) is 15.4. The summed E-state index contributed by atoms with van der Waals surface area (Å²) >= 11 is 0. The van der Waals surface area contributed by atoms with E-state index in [1.165, 1.54) is 22.3 Å². The zero-order valence-electron chi connectivity index (χ0n) is 28.8. The molecular weight excluding hydrogens is 544 g/mol. The van der Waals surface area contributed by atoms with Crippen molar-refractivity contribution >= 4 is 0 Å². The van der Waals surface area contributed by atoms with Crippen molar-refractivity contribution < 1.29 is 19.7 Å². The second kappa shape index (κ2) is 12.4. The zero-order valence-corrected chi connectivity index (χ0v) is 28.8. The summed E-state index contributed by atoms with van der Waals surface area (Å²) in [4.78, 5) is 0. The summed E-state index contributed by atoms with van der Waals surface area (Å²) in [5.41, 5.74) is 3.36. The van der Waals surface area contributed by atoms with Gasteiger partial charge in [-0.1, -0.05) is 123 Å². The highest BCUT2D eigenvalue weighted by Crippen LogP contribution is 2.67. The van der Waals surface area contributed by atoms with E-state index in [-0.39, 0.29) is 45.4 Å². The fourth-order valence-electron chi connectivity index (χ4n) is 7.99. The molecule has 4 nitrogen and oxygen atoms in total. The van der Waals surface area contributed by atoms with Gasteiger partial charge in [-0.3, -0.25) is 0 Å². The van der Waals surface area contributed by atoms with Crippen LogP contribution >= 0.6 is 0 Å². The quantitative estimate of drug-likeness (QED) is 0.194. The Kier molecular flexibility index (Phi) is 9.66. The molecule has 4 heteroatoms. The highest BCUT2D eigenvalue weighted by atomic mass is 16.6. The second-order valence-corrected chi connectivity index (χ2v) is 15.4. The molecule has 0 unspecified atom stereocenters. The van der Waals surface area contributed by atoms with E-state index in [0.717, 1.165) is 12.8 Å². The van der Waals surface area contributed by atoms with Gasteiger partial charge in [-0.05, 0) is 66.5 Å². The number of allylic oxidation sites excluding steroid dienone is 16.